The molecule has 0 aliphatic carbocycles. The minimum atomic E-state index is -0.492. The SMILES string of the molecule is COCCn1c(O)c(/C(C)=N/c2ccccn2)c(=O)[nH]c1=S. The molecule has 0 radical (unpaired) electrons. The number of nitrogens with one attached hydrogen (secondary N) is 1. The number of aromatic amines is 1. The third-order valence-electron chi connectivity index (χ3n) is 2.98. The van der Waals surface area contributed by atoms with E-state index in [2.05, 4.69) is 15.0 Å². The van der Waals surface area contributed by atoms with Gasteiger partial charge < -0.3 is 9.84 Å². The lowest BCUT2D eigenvalue weighted by atomic mass is 10.2. The zero-order valence-electron chi connectivity index (χ0n) is 12.2. The molecule has 0 spiro atoms. The molecule has 2 heterocycles. The Labute approximate surface area is 132 Å². The van der Waals surface area contributed by atoms with E-state index in [4.69, 9.17) is 17.0 Å². The molecule has 0 aliphatic heterocycles. The Morgan fingerprint density at radius 3 is 2.95 bits per heavy atom. The number of methoxy groups -OCH3 is 1. The zero-order chi connectivity index (χ0) is 16.1. The van der Waals surface area contributed by atoms with Gasteiger partial charge in [0, 0.05) is 13.3 Å². The summed E-state index contributed by atoms with van der Waals surface area (Å²) in [5.41, 5.74) is -0.0812. The molecule has 0 bridgehead atoms. The van der Waals surface area contributed by atoms with Gasteiger partial charge in [0.1, 0.15) is 5.56 Å². The number of hydrogen-bond acceptors (Lipinski definition) is 6. The quantitative estimate of drug-likeness (QED) is 0.647. The second-order valence-corrected chi connectivity index (χ2v) is 4.87. The predicted molar refractivity (Wildman–Crippen MR) is 85.5 cm³/mol. The van der Waals surface area contributed by atoms with E-state index in [-0.39, 0.29) is 16.2 Å². The van der Waals surface area contributed by atoms with Crippen LogP contribution in [0.1, 0.15) is 12.5 Å². The van der Waals surface area contributed by atoms with Crippen LogP contribution in [-0.2, 0) is 11.3 Å². The summed E-state index contributed by atoms with van der Waals surface area (Å²) in [6.07, 6.45) is 1.60. The fourth-order valence-corrected chi connectivity index (χ4v) is 2.19. The molecule has 8 heteroatoms. The van der Waals surface area contributed by atoms with Gasteiger partial charge in [0.15, 0.2) is 10.6 Å². The van der Waals surface area contributed by atoms with Gasteiger partial charge in [-0.3, -0.25) is 14.3 Å². The van der Waals surface area contributed by atoms with Crippen LogP contribution in [0.2, 0.25) is 0 Å². The van der Waals surface area contributed by atoms with E-state index in [1.54, 1.807) is 38.4 Å². The smallest absolute Gasteiger partial charge is 0.264 e. The van der Waals surface area contributed by atoms with Crippen molar-refractivity contribution in [3.63, 3.8) is 0 Å². The van der Waals surface area contributed by atoms with E-state index < -0.39 is 5.56 Å². The average Bonchev–Trinajstić information content (AvgIpc) is 2.47. The first-order chi connectivity index (χ1) is 10.5. The van der Waals surface area contributed by atoms with Crippen molar-refractivity contribution in [1.82, 2.24) is 14.5 Å². The van der Waals surface area contributed by atoms with Crippen LogP contribution in [0.15, 0.2) is 34.2 Å². The van der Waals surface area contributed by atoms with Crippen LogP contribution in [0.25, 0.3) is 0 Å². The number of aromatic hydroxyl groups is 1. The summed E-state index contributed by atoms with van der Waals surface area (Å²) in [7, 11) is 1.54. The molecule has 2 rings (SSSR count). The van der Waals surface area contributed by atoms with Gasteiger partial charge in [-0.25, -0.2) is 9.98 Å². The van der Waals surface area contributed by atoms with E-state index in [1.807, 2.05) is 0 Å². The van der Waals surface area contributed by atoms with Crippen LogP contribution < -0.4 is 5.56 Å². The number of hydrogen-bond donors (Lipinski definition) is 2. The molecule has 0 amide bonds. The molecule has 0 saturated carbocycles. The second-order valence-electron chi connectivity index (χ2n) is 4.49. The van der Waals surface area contributed by atoms with Crippen molar-refractivity contribution >= 4 is 23.7 Å². The van der Waals surface area contributed by atoms with E-state index >= 15 is 0 Å². The number of aliphatic imine (C=N–C) groups is 1. The third-order valence-corrected chi connectivity index (χ3v) is 3.31. The fourth-order valence-electron chi connectivity index (χ4n) is 1.92. The highest BCUT2D eigenvalue weighted by atomic mass is 32.1. The maximum Gasteiger partial charge on any atom is 0.264 e. The van der Waals surface area contributed by atoms with Gasteiger partial charge in [-0.05, 0) is 31.3 Å². The van der Waals surface area contributed by atoms with Crippen molar-refractivity contribution < 1.29 is 9.84 Å². The Kier molecular flexibility index (Phi) is 5.18. The van der Waals surface area contributed by atoms with Gasteiger partial charge in [-0.2, -0.15) is 0 Å². The summed E-state index contributed by atoms with van der Waals surface area (Å²) < 4.78 is 6.50. The van der Waals surface area contributed by atoms with Gasteiger partial charge >= 0.3 is 0 Å². The number of H-pyrrole nitrogens is 1. The zero-order valence-corrected chi connectivity index (χ0v) is 13.1. The second kappa shape index (κ2) is 7.10. The Balaban J connectivity index is 2.53. The maximum absolute atomic E-state index is 12.1. The van der Waals surface area contributed by atoms with Gasteiger partial charge in [-0.15, -0.1) is 0 Å². The van der Waals surface area contributed by atoms with E-state index in [0.717, 1.165) is 0 Å². The number of rotatable bonds is 5. The van der Waals surface area contributed by atoms with Gasteiger partial charge in [0.05, 0.1) is 18.9 Å². The lowest BCUT2D eigenvalue weighted by Crippen LogP contribution is -2.22. The highest BCUT2D eigenvalue weighted by molar-refractivity contribution is 7.71. The largest absolute Gasteiger partial charge is 0.494 e. The summed E-state index contributed by atoms with van der Waals surface area (Å²) in [5.74, 6) is 0.215. The summed E-state index contributed by atoms with van der Waals surface area (Å²) >= 11 is 5.06. The lowest BCUT2D eigenvalue weighted by molar-refractivity contribution is 0.182. The predicted octanol–water partition coefficient (Wildman–Crippen LogP) is 1.79. The highest BCUT2D eigenvalue weighted by Crippen LogP contribution is 2.16. The van der Waals surface area contributed by atoms with E-state index in [0.29, 0.717) is 24.7 Å². The molecule has 0 saturated heterocycles. The van der Waals surface area contributed by atoms with Crippen molar-refractivity contribution in [2.45, 2.75) is 13.5 Å². The van der Waals surface area contributed by atoms with Crippen molar-refractivity contribution in [3.05, 3.63) is 45.1 Å². The molecule has 2 N–H and O–H groups in total. The standard InChI is InChI=1S/C14H16N4O3S/c1-9(16-10-5-3-4-6-15-10)11-12(19)17-14(22)18(13(11)20)7-8-21-2/h3-6,20H,7-8H2,1-2H3,(H,17,19,22)/b16-9+. The molecular formula is C14H16N4O3S. The summed E-state index contributed by atoms with van der Waals surface area (Å²) in [6, 6.07) is 5.26. The van der Waals surface area contributed by atoms with Gasteiger partial charge in [-0.1, -0.05) is 6.07 Å². The molecule has 0 atom stereocenters. The van der Waals surface area contributed by atoms with Crippen LogP contribution in [0.5, 0.6) is 5.88 Å². The molecule has 0 fully saturated rings. The molecule has 0 aliphatic rings. The summed E-state index contributed by atoms with van der Waals surface area (Å²) in [5, 5.41) is 10.3. The van der Waals surface area contributed by atoms with Gasteiger partial charge in [0.25, 0.3) is 5.56 Å². The average molecular weight is 320 g/mol. The molecule has 2 aromatic rings. The number of pyridine rings is 1. The molecular weight excluding hydrogens is 304 g/mol. The topological polar surface area (TPSA) is 92.5 Å². The van der Waals surface area contributed by atoms with Crippen LogP contribution in [0.3, 0.4) is 0 Å². The van der Waals surface area contributed by atoms with Crippen LogP contribution in [0, 0.1) is 4.77 Å². The van der Waals surface area contributed by atoms with E-state index in [1.165, 1.54) is 4.57 Å². The van der Waals surface area contributed by atoms with Crippen molar-refractivity contribution in [1.29, 1.82) is 0 Å². The number of aromatic nitrogens is 3. The monoisotopic (exact) mass is 320 g/mol. The minimum absolute atomic E-state index is 0.0651. The first kappa shape index (κ1) is 16.1. The third kappa shape index (κ3) is 3.46. The van der Waals surface area contributed by atoms with Crippen LogP contribution in [-0.4, -0.2) is 39.1 Å². The Bertz CT molecular complexity index is 796. The molecule has 7 nitrogen and oxygen atoms in total. The minimum Gasteiger partial charge on any atom is -0.494 e. The van der Waals surface area contributed by atoms with Crippen molar-refractivity contribution in [2.24, 2.45) is 4.99 Å². The summed E-state index contributed by atoms with van der Waals surface area (Å²) in [4.78, 5) is 22.9. The Morgan fingerprint density at radius 1 is 1.55 bits per heavy atom. The Hall–Kier alpha value is -2.32. The normalized spacial score (nSPS) is 11.6. The first-order valence-electron chi connectivity index (χ1n) is 6.56. The molecule has 0 unspecified atom stereocenters. The Morgan fingerprint density at radius 2 is 2.32 bits per heavy atom. The van der Waals surface area contributed by atoms with Crippen molar-refractivity contribution in [3.8, 4) is 5.88 Å². The maximum atomic E-state index is 12.1. The lowest BCUT2D eigenvalue weighted by Gasteiger charge is -2.12. The molecule has 0 aromatic carbocycles. The fraction of sp³-hybridized carbons (Fsp3) is 0.286. The molecule has 2 aromatic heterocycles. The number of nitrogens with zero attached hydrogens (tertiary/aromatic N) is 3. The highest BCUT2D eigenvalue weighted by Gasteiger charge is 2.15. The summed E-state index contributed by atoms with van der Waals surface area (Å²) in [6.45, 7) is 2.30. The molecule has 22 heavy (non-hydrogen) atoms. The van der Waals surface area contributed by atoms with Crippen molar-refractivity contribution in [2.75, 3.05) is 13.7 Å². The van der Waals surface area contributed by atoms with Gasteiger partial charge in [0.2, 0.25) is 5.88 Å². The van der Waals surface area contributed by atoms with Crippen LogP contribution >= 0.6 is 12.2 Å². The van der Waals surface area contributed by atoms with E-state index in [9.17, 15) is 9.90 Å². The first-order valence-corrected chi connectivity index (χ1v) is 6.97. The molecule has 116 valence electrons. The van der Waals surface area contributed by atoms with Crippen LogP contribution in [0.4, 0.5) is 5.82 Å². The number of ether oxygens (including phenoxy) is 1.